The van der Waals surface area contributed by atoms with Gasteiger partial charge in [0.25, 0.3) is 0 Å². The predicted molar refractivity (Wildman–Crippen MR) is 97.3 cm³/mol. The molecule has 1 unspecified atom stereocenters. The second kappa shape index (κ2) is 17.6. The van der Waals surface area contributed by atoms with E-state index in [4.69, 9.17) is 14.4 Å². The van der Waals surface area contributed by atoms with Gasteiger partial charge in [-0.05, 0) is 13.3 Å². The van der Waals surface area contributed by atoms with E-state index < -0.39 is 28.0 Å². The summed E-state index contributed by atoms with van der Waals surface area (Å²) >= 11 is 0.706. The number of carbonyl (C=O) groups excluding carboxylic acids is 1. The molecule has 0 spiro atoms. The van der Waals surface area contributed by atoms with Crippen molar-refractivity contribution in [3.05, 3.63) is 12.2 Å². The average Bonchev–Trinajstić information content (AvgIpc) is 2.52. The molecule has 2 N–H and O–H groups in total. The Balaban J connectivity index is 0. The minimum absolute atomic E-state index is 0.0371. The van der Waals surface area contributed by atoms with Gasteiger partial charge in [0.05, 0.1) is 5.92 Å². The summed E-state index contributed by atoms with van der Waals surface area (Å²) in [5.41, 5.74) is 0. The molecule has 1 atom stereocenters. The van der Waals surface area contributed by atoms with Crippen molar-refractivity contribution in [1.82, 2.24) is 0 Å². The van der Waals surface area contributed by atoms with Crippen LogP contribution in [0.4, 0.5) is 0 Å². The molecular weight excluding hydrogens is 375 g/mol. The minimum atomic E-state index is -3.66. The Labute approximate surface area is 184 Å². The van der Waals surface area contributed by atoms with Crippen LogP contribution in [0.15, 0.2) is 12.2 Å². The summed E-state index contributed by atoms with van der Waals surface area (Å²) in [5, 5.41) is 8.96. The number of rotatable bonds is 12. The van der Waals surface area contributed by atoms with Crippen molar-refractivity contribution >= 4 is 71.0 Å². The topological polar surface area (TPSA) is 118 Å². The molecule has 25 heavy (non-hydrogen) atoms. The van der Waals surface area contributed by atoms with E-state index in [2.05, 4.69) is 6.92 Å². The number of hydrogen-bond donors (Lipinski definition) is 2. The number of esters is 1. The first-order valence-corrected chi connectivity index (χ1v) is 12.5. The molecule has 0 aromatic carbocycles. The van der Waals surface area contributed by atoms with Crippen molar-refractivity contribution in [1.29, 1.82) is 0 Å². The van der Waals surface area contributed by atoms with Gasteiger partial charge in [0.15, 0.2) is 0 Å². The van der Waals surface area contributed by atoms with E-state index in [1.54, 1.807) is 13.0 Å². The van der Waals surface area contributed by atoms with Crippen molar-refractivity contribution in [2.45, 2.75) is 52.9 Å². The van der Waals surface area contributed by atoms with Crippen LogP contribution in [0.25, 0.3) is 0 Å². The Kier molecular flexibility index (Phi) is 19.4. The van der Waals surface area contributed by atoms with Gasteiger partial charge in [-0.15, -0.1) is 0 Å². The third kappa shape index (κ3) is 22.2. The molecule has 0 saturated carbocycles. The second-order valence-corrected chi connectivity index (χ2v) is 8.79. The number of unbranched alkanes of at least 4 members (excludes halogenated alkanes) is 3. The zero-order valence-electron chi connectivity index (χ0n) is 15.4. The molecule has 0 aliphatic heterocycles. The molecule has 0 fully saturated rings. The third-order valence-corrected chi connectivity index (χ3v) is 5.15. The average molecular weight is 405 g/mol. The Morgan fingerprint density at radius 3 is 2.24 bits per heavy atom. The fourth-order valence-electron chi connectivity index (χ4n) is 1.79. The van der Waals surface area contributed by atoms with Crippen LogP contribution in [0.2, 0.25) is 0.515 Å². The predicted octanol–water partition coefficient (Wildman–Crippen LogP) is 2.63. The molecular formula is C16H29KO7S. The number of carboxylic acids is 1. The van der Waals surface area contributed by atoms with Crippen molar-refractivity contribution < 1.29 is 32.4 Å². The molecule has 0 aliphatic rings. The van der Waals surface area contributed by atoms with Gasteiger partial charge in [0.2, 0.25) is 0 Å². The molecule has 0 bridgehead atoms. The number of carbonyl (C=O) groups is 2. The fraction of sp³-hybridized carbons (Fsp3) is 0.750. The van der Waals surface area contributed by atoms with Crippen LogP contribution >= 0.6 is 0 Å². The molecule has 0 amide bonds. The molecule has 0 radical (unpaired) electrons. The van der Waals surface area contributed by atoms with E-state index >= 15 is 0 Å². The van der Waals surface area contributed by atoms with Crippen molar-refractivity contribution in [2.75, 3.05) is 12.4 Å². The van der Waals surface area contributed by atoms with E-state index in [1.807, 2.05) is 0 Å². The molecule has 0 rings (SSSR count). The van der Waals surface area contributed by atoms with Crippen LogP contribution in [-0.2, 0) is 24.4 Å². The van der Waals surface area contributed by atoms with Crippen molar-refractivity contribution in [3.8, 4) is 0 Å². The zero-order chi connectivity index (χ0) is 19.7. The summed E-state index contributed by atoms with van der Waals surface area (Å²) in [7, 11) is -3.66. The standard InChI is InChI=1S/C13H22O4.C3H7O3S.K/c1-3-5-6-7-9-11(13(15)16)10-17-12(14)8-4-2;1-2-3-7(4,5)6;/h4,8,11H,3,5-7,9-10H2,1-2H3,(H,15,16);1-3H2,(H,4,5,6);. The van der Waals surface area contributed by atoms with E-state index in [9.17, 15) is 18.0 Å². The second-order valence-electron chi connectivity index (χ2n) is 5.65. The van der Waals surface area contributed by atoms with Gasteiger partial charge in [-0.2, -0.15) is 0 Å². The molecule has 0 aliphatic carbocycles. The number of allylic oxidation sites excluding steroid dienone is 1. The van der Waals surface area contributed by atoms with E-state index in [0.29, 0.717) is 61.8 Å². The van der Waals surface area contributed by atoms with Crippen LogP contribution in [0, 0.1) is 5.92 Å². The summed E-state index contributed by atoms with van der Waals surface area (Å²) in [5.74, 6) is -2.02. The van der Waals surface area contributed by atoms with Gasteiger partial charge in [-0.25, -0.2) is 4.79 Å². The van der Waals surface area contributed by atoms with E-state index in [-0.39, 0.29) is 12.4 Å². The van der Waals surface area contributed by atoms with Crippen LogP contribution < -0.4 is 0 Å². The summed E-state index contributed by atoms with van der Waals surface area (Å²) in [6.45, 7) is 3.78. The van der Waals surface area contributed by atoms with Gasteiger partial charge in [-0.1, -0.05) is 38.7 Å². The van der Waals surface area contributed by atoms with Gasteiger partial charge in [0.1, 0.15) is 6.61 Å². The molecule has 0 aromatic heterocycles. The summed E-state index contributed by atoms with van der Waals surface area (Å²) < 4.78 is 33.9. The van der Waals surface area contributed by atoms with Crippen LogP contribution in [0.1, 0.15) is 52.4 Å². The normalized spacial score (nSPS) is 12.4. The van der Waals surface area contributed by atoms with Crippen LogP contribution in [0.3, 0.4) is 0 Å². The number of ether oxygens (including phenoxy) is 1. The number of aliphatic carboxylic acids is 1. The van der Waals surface area contributed by atoms with Gasteiger partial charge < -0.3 is 9.84 Å². The van der Waals surface area contributed by atoms with Gasteiger partial charge in [-0.3, -0.25) is 4.79 Å². The maximum atomic E-state index is 11.0. The molecule has 0 aromatic rings. The Morgan fingerprint density at radius 2 is 1.84 bits per heavy atom. The Morgan fingerprint density at radius 1 is 1.20 bits per heavy atom. The molecule has 0 heterocycles. The molecule has 7 nitrogen and oxygen atoms in total. The van der Waals surface area contributed by atoms with Gasteiger partial charge in [0, 0.05) is 6.08 Å². The molecule has 0 saturated heterocycles. The quantitative estimate of drug-likeness (QED) is 0.169. The SMILES string of the molecule is CC=CC(=O)OCC(CCCCCC)C(=O)O.O=S(=O)(O)CC[CH2][K]. The summed E-state index contributed by atoms with van der Waals surface area (Å²) in [4.78, 5) is 22.0. The molecule has 142 valence electrons. The first-order valence-electron chi connectivity index (χ1n) is 8.65. The number of carboxylic acid groups (broad SMARTS) is 1. The monoisotopic (exact) mass is 404 g/mol. The molecule has 9 heteroatoms. The summed E-state index contributed by atoms with van der Waals surface area (Å²) in [6, 6.07) is 0. The van der Waals surface area contributed by atoms with E-state index in [0.717, 1.165) is 26.2 Å². The zero-order valence-corrected chi connectivity index (χ0v) is 19.4. The Bertz CT molecular complexity index is 489. The first-order chi connectivity index (χ1) is 11.7. The summed E-state index contributed by atoms with van der Waals surface area (Å²) in [6.07, 6.45) is 8.18. The van der Waals surface area contributed by atoms with E-state index in [1.165, 1.54) is 6.08 Å². The fourth-order valence-corrected chi connectivity index (χ4v) is 3.80. The maximum absolute atomic E-state index is 11.0. The van der Waals surface area contributed by atoms with Crippen LogP contribution in [-0.4, -0.2) is 91.3 Å². The first kappa shape index (κ1) is 27.4. The van der Waals surface area contributed by atoms with Gasteiger partial charge >= 0.3 is 96.7 Å². The Hall–Kier alpha value is 0.226. The number of hydrogen-bond acceptors (Lipinski definition) is 5. The van der Waals surface area contributed by atoms with Crippen molar-refractivity contribution in [2.24, 2.45) is 5.92 Å². The van der Waals surface area contributed by atoms with Crippen LogP contribution in [0.5, 0.6) is 0 Å². The third-order valence-electron chi connectivity index (χ3n) is 3.24. The van der Waals surface area contributed by atoms with Crippen molar-refractivity contribution in [3.63, 3.8) is 0 Å².